The van der Waals surface area contributed by atoms with Crippen molar-refractivity contribution in [2.24, 2.45) is 4.99 Å². The number of aryl methyl sites for hydroxylation is 2. The number of hydrogen-bond acceptors (Lipinski definition) is 4. The summed E-state index contributed by atoms with van der Waals surface area (Å²) in [5.41, 5.74) is 5.14. The van der Waals surface area contributed by atoms with Crippen LogP contribution in [0.15, 0.2) is 71.7 Å². The fraction of sp³-hybridized carbons (Fsp3) is 0.276. The predicted molar refractivity (Wildman–Crippen MR) is 140 cm³/mol. The Morgan fingerprint density at radius 3 is 2.53 bits per heavy atom. The minimum absolute atomic E-state index is 0.0111. The molecule has 0 bridgehead atoms. The van der Waals surface area contributed by atoms with Crippen LogP contribution in [-0.2, 0) is 22.4 Å². The van der Waals surface area contributed by atoms with Crippen molar-refractivity contribution < 1.29 is 19.1 Å². The highest BCUT2D eigenvalue weighted by Gasteiger charge is 2.35. The molecule has 1 unspecified atom stereocenters. The van der Waals surface area contributed by atoms with E-state index in [-0.39, 0.29) is 12.3 Å². The molecule has 0 saturated heterocycles. The normalized spacial score (nSPS) is 15.2. The zero-order valence-corrected chi connectivity index (χ0v) is 20.5. The number of fused-ring (bicyclic) bond motifs is 1. The summed E-state index contributed by atoms with van der Waals surface area (Å²) in [5, 5.41) is 11.9. The molecule has 3 aromatic rings. The van der Waals surface area contributed by atoms with Crippen LogP contribution in [0.4, 0.5) is 15.8 Å². The van der Waals surface area contributed by atoms with Crippen LogP contribution in [0.1, 0.15) is 41.0 Å². The summed E-state index contributed by atoms with van der Waals surface area (Å²) in [6.45, 7) is 1.01. The van der Waals surface area contributed by atoms with Crippen LogP contribution in [0.2, 0.25) is 0 Å². The van der Waals surface area contributed by atoms with Gasteiger partial charge in [0.15, 0.2) is 0 Å². The van der Waals surface area contributed by atoms with Gasteiger partial charge in [0.1, 0.15) is 11.7 Å². The van der Waals surface area contributed by atoms with Crippen molar-refractivity contribution in [1.29, 1.82) is 0 Å². The number of rotatable bonds is 10. The number of aliphatic carboxylic acids is 1. The molecule has 0 aromatic heterocycles. The van der Waals surface area contributed by atoms with Gasteiger partial charge >= 0.3 is 5.97 Å². The van der Waals surface area contributed by atoms with Crippen LogP contribution < -0.4 is 5.32 Å². The molecule has 0 saturated carbocycles. The number of hydrogen-bond donors (Lipinski definition) is 2. The Morgan fingerprint density at radius 1 is 1.03 bits per heavy atom. The molecule has 1 aliphatic rings. The Hall–Kier alpha value is -3.84. The van der Waals surface area contributed by atoms with E-state index in [1.165, 1.54) is 17.7 Å². The number of nitrogens with zero attached hydrogens (tertiary/aromatic N) is 2. The number of nitrogens with one attached hydrogen (secondary N) is 1. The molecule has 186 valence electrons. The summed E-state index contributed by atoms with van der Waals surface area (Å²) >= 11 is 0. The third kappa shape index (κ3) is 6.23. The first-order valence-corrected chi connectivity index (χ1v) is 12.0. The first-order valence-electron chi connectivity index (χ1n) is 12.0. The second-order valence-electron chi connectivity index (χ2n) is 9.32. The number of carbonyl (C=O) groups is 2. The molecule has 1 aliphatic heterocycles. The van der Waals surface area contributed by atoms with E-state index in [4.69, 9.17) is 10.1 Å². The summed E-state index contributed by atoms with van der Waals surface area (Å²) in [4.78, 5) is 31.2. The van der Waals surface area contributed by atoms with Crippen LogP contribution >= 0.6 is 0 Å². The standard InChI is InChI=1S/C29H30FN3O3/c1-33(2)16-4-6-19-8-12-23(13-9-19)31-28(21-7-3-5-20(17-21)10-15-26(34)35)27-24-14-11-22(30)18-25(24)32-29(27)36/h3,5,7-9,11-14,17-18,27H,4,6,10,15-16H2,1-2H3,(H,32,36)(H,34,35). The van der Waals surface area contributed by atoms with Crippen molar-refractivity contribution in [3.63, 3.8) is 0 Å². The molecule has 0 aliphatic carbocycles. The van der Waals surface area contributed by atoms with E-state index >= 15 is 0 Å². The van der Waals surface area contributed by atoms with Gasteiger partial charge in [0.25, 0.3) is 0 Å². The average Bonchev–Trinajstić information content (AvgIpc) is 3.16. The Bertz CT molecular complexity index is 1290. The highest BCUT2D eigenvalue weighted by atomic mass is 19.1. The lowest BCUT2D eigenvalue weighted by molar-refractivity contribution is -0.137. The zero-order chi connectivity index (χ0) is 25.7. The van der Waals surface area contributed by atoms with E-state index in [9.17, 15) is 14.0 Å². The van der Waals surface area contributed by atoms with Gasteiger partial charge < -0.3 is 15.3 Å². The van der Waals surface area contributed by atoms with Crippen molar-refractivity contribution in [2.45, 2.75) is 31.6 Å². The Morgan fingerprint density at radius 2 is 1.81 bits per heavy atom. The Balaban J connectivity index is 1.71. The van der Waals surface area contributed by atoms with Crippen LogP contribution in [0.25, 0.3) is 0 Å². The Labute approximate surface area is 210 Å². The Kier molecular flexibility index (Phi) is 7.90. The summed E-state index contributed by atoms with van der Waals surface area (Å²) in [6.07, 6.45) is 2.40. The molecule has 7 heteroatoms. The SMILES string of the molecule is CN(C)CCCc1ccc(N=C(c2cccc(CCC(=O)O)c2)C2C(=O)Nc3cc(F)ccc32)cc1. The topological polar surface area (TPSA) is 82.0 Å². The summed E-state index contributed by atoms with van der Waals surface area (Å²) < 4.78 is 13.8. The maximum Gasteiger partial charge on any atom is 0.303 e. The van der Waals surface area contributed by atoms with Gasteiger partial charge in [-0.2, -0.15) is 0 Å². The van der Waals surface area contributed by atoms with E-state index in [0.717, 1.165) is 30.5 Å². The third-order valence-corrected chi connectivity index (χ3v) is 6.23. The van der Waals surface area contributed by atoms with Gasteiger partial charge in [-0.05, 0) is 92.5 Å². The van der Waals surface area contributed by atoms with Crippen LogP contribution in [-0.4, -0.2) is 48.2 Å². The molecule has 4 rings (SSSR count). The zero-order valence-electron chi connectivity index (χ0n) is 20.5. The van der Waals surface area contributed by atoms with E-state index < -0.39 is 17.7 Å². The van der Waals surface area contributed by atoms with Crippen LogP contribution in [0.3, 0.4) is 0 Å². The molecular weight excluding hydrogens is 457 g/mol. The van der Waals surface area contributed by atoms with Crippen molar-refractivity contribution in [3.05, 3.63) is 94.8 Å². The van der Waals surface area contributed by atoms with Crippen molar-refractivity contribution in [2.75, 3.05) is 26.0 Å². The van der Waals surface area contributed by atoms with Gasteiger partial charge in [-0.25, -0.2) is 4.39 Å². The molecule has 0 spiro atoms. The second-order valence-corrected chi connectivity index (χ2v) is 9.32. The van der Waals surface area contributed by atoms with E-state index in [1.807, 2.05) is 48.5 Å². The van der Waals surface area contributed by atoms with Gasteiger partial charge in [0, 0.05) is 12.1 Å². The number of halogens is 1. The van der Waals surface area contributed by atoms with Gasteiger partial charge in [-0.3, -0.25) is 14.6 Å². The van der Waals surface area contributed by atoms with Crippen LogP contribution in [0, 0.1) is 5.82 Å². The lowest BCUT2D eigenvalue weighted by Gasteiger charge is -2.15. The van der Waals surface area contributed by atoms with Gasteiger partial charge in [-0.15, -0.1) is 0 Å². The summed E-state index contributed by atoms with van der Waals surface area (Å²) in [5.74, 6) is -2.28. The number of aliphatic imine (C=N–C) groups is 1. The van der Waals surface area contributed by atoms with Crippen molar-refractivity contribution in [1.82, 2.24) is 4.90 Å². The molecule has 1 heterocycles. The number of carbonyl (C=O) groups excluding carboxylic acids is 1. The van der Waals surface area contributed by atoms with Gasteiger partial charge in [-0.1, -0.05) is 36.4 Å². The lowest BCUT2D eigenvalue weighted by atomic mass is 9.89. The molecular formula is C29H30FN3O3. The summed E-state index contributed by atoms with van der Waals surface area (Å²) in [6, 6.07) is 19.7. The van der Waals surface area contributed by atoms with Crippen molar-refractivity contribution >= 4 is 29.0 Å². The first kappa shape index (κ1) is 25.3. The highest BCUT2D eigenvalue weighted by molar-refractivity contribution is 6.24. The number of benzene rings is 3. The molecule has 0 radical (unpaired) electrons. The van der Waals surface area contributed by atoms with E-state index in [2.05, 4.69) is 24.3 Å². The van der Waals surface area contributed by atoms with Gasteiger partial charge in [0.2, 0.25) is 5.91 Å². The maximum absolute atomic E-state index is 13.8. The highest BCUT2D eigenvalue weighted by Crippen LogP contribution is 2.37. The molecule has 1 amide bonds. The number of anilines is 1. The third-order valence-electron chi connectivity index (χ3n) is 6.23. The first-order chi connectivity index (χ1) is 17.3. The van der Waals surface area contributed by atoms with E-state index in [0.29, 0.717) is 29.1 Å². The van der Waals surface area contributed by atoms with Crippen LogP contribution in [0.5, 0.6) is 0 Å². The summed E-state index contributed by atoms with van der Waals surface area (Å²) in [7, 11) is 4.11. The predicted octanol–water partition coefficient (Wildman–Crippen LogP) is 5.19. The smallest absolute Gasteiger partial charge is 0.303 e. The monoisotopic (exact) mass is 487 g/mol. The molecule has 6 nitrogen and oxygen atoms in total. The number of amides is 1. The quantitative estimate of drug-likeness (QED) is 0.386. The number of carboxylic acid groups (broad SMARTS) is 1. The van der Waals surface area contributed by atoms with E-state index in [1.54, 1.807) is 6.07 Å². The molecule has 1 atom stereocenters. The fourth-order valence-corrected chi connectivity index (χ4v) is 4.41. The van der Waals surface area contributed by atoms with Gasteiger partial charge in [0.05, 0.1) is 11.4 Å². The lowest BCUT2D eigenvalue weighted by Crippen LogP contribution is -2.22. The second kappa shape index (κ2) is 11.3. The largest absolute Gasteiger partial charge is 0.481 e. The fourth-order valence-electron chi connectivity index (χ4n) is 4.41. The molecule has 0 fully saturated rings. The molecule has 2 N–H and O–H groups in total. The maximum atomic E-state index is 13.8. The molecule has 3 aromatic carbocycles. The molecule has 36 heavy (non-hydrogen) atoms. The minimum atomic E-state index is -0.869. The number of carboxylic acids is 1. The van der Waals surface area contributed by atoms with Crippen molar-refractivity contribution in [3.8, 4) is 0 Å². The average molecular weight is 488 g/mol. The minimum Gasteiger partial charge on any atom is -0.481 e.